The first-order valence-corrected chi connectivity index (χ1v) is 11.5. The third kappa shape index (κ3) is 5.96. The molecule has 1 heterocycles. The van der Waals surface area contributed by atoms with Crippen molar-refractivity contribution in [3.63, 3.8) is 0 Å². The van der Waals surface area contributed by atoms with Crippen LogP contribution in [0.2, 0.25) is 5.82 Å². The molecule has 1 saturated heterocycles. The lowest BCUT2D eigenvalue weighted by Gasteiger charge is -2.38. The Kier molecular flexibility index (Phi) is 9.00. The third-order valence-corrected chi connectivity index (χ3v) is 6.68. The van der Waals surface area contributed by atoms with Gasteiger partial charge in [-0.25, -0.2) is 0 Å². The molecule has 2 rings (SSSR count). The van der Waals surface area contributed by atoms with Gasteiger partial charge in [0.1, 0.15) is 0 Å². The number of hydrogen-bond donors (Lipinski definition) is 0. The maximum absolute atomic E-state index is 6.53. The van der Waals surface area contributed by atoms with Gasteiger partial charge in [0.15, 0.2) is 0 Å². The van der Waals surface area contributed by atoms with Crippen LogP contribution in [0.3, 0.4) is 0 Å². The fourth-order valence-electron chi connectivity index (χ4n) is 4.20. The van der Waals surface area contributed by atoms with Crippen LogP contribution in [0.15, 0.2) is 43.0 Å². The van der Waals surface area contributed by atoms with Gasteiger partial charge >= 0.3 is 7.12 Å². The summed E-state index contributed by atoms with van der Waals surface area (Å²) in [6.07, 6.45) is 7.64. The minimum Gasteiger partial charge on any atom is -0.403 e. The number of unbranched alkanes of at least 4 members (excludes halogenated alkanes) is 2. The maximum Gasteiger partial charge on any atom is 0.463 e. The normalized spacial score (nSPS) is 20.0. The van der Waals surface area contributed by atoms with Gasteiger partial charge in [0.25, 0.3) is 0 Å². The lowest BCUT2D eigenvalue weighted by molar-refractivity contribution is 0.00578. The van der Waals surface area contributed by atoms with Crippen LogP contribution in [0.25, 0.3) is 0 Å². The Morgan fingerprint density at radius 1 is 1.00 bits per heavy atom. The van der Waals surface area contributed by atoms with Crippen LogP contribution in [-0.4, -0.2) is 36.3 Å². The van der Waals surface area contributed by atoms with E-state index < -0.39 is 0 Å². The average molecular weight is 399 g/mol. The van der Waals surface area contributed by atoms with Crippen LogP contribution in [0, 0.1) is 0 Å². The van der Waals surface area contributed by atoms with E-state index in [4.69, 9.17) is 9.31 Å². The SMILES string of the molecule is C=CCCCN(CCCC)[C@H](c1ccccc1)[C@@H](CC)B1OC(C)(C)C(C)(C)O1. The second-order valence-electron chi connectivity index (χ2n) is 9.37. The summed E-state index contributed by atoms with van der Waals surface area (Å²) in [5, 5.41) is 0. The second-order valence-corrected chi connectivity index (χ2v) is 9.37. The number of benzene rings is 1. The van der Waals surface area contributed by atoms with Crippen LogP contribution < -0.4 is 0 Å². The molecular weight excluding hydrogens is 357 g/mol. The minimum absolute atomic E-state index is 0.196. The van der Waals surface area contributed by atoms with Gasteiger partial charge in [-0.1, -0.05) is 63.1 Å². The highest BCUT2D eigenvalue weighted by Crippen LogP contribution is 2.46. The molecule has 0 radical (unpaired) electrons. The highest BCUT2D eigenvalue weighted by atomic mass is 16.7. The predicted molar refractivity (Wildman–Crippen MR) is 125 cm³/mol. The third-order valence-electron chi connectivity index (χ3n) is 6.68. The Balaban J connectivity index is 2.37. The highest BCUT2D eigenvalue weighted by molar-refractivity contribution is 6.47. The van der Waals surface area contributed by atoms with E-state index in [-0.39, 0.29) is 30.2 Å². The quantitative estimate of drug-likeness (QED) is 0.223. The fourth-order valence-corrected chi connectivity index (χ4v) is 4.20. The van der Waals surface area contributed by atoms with Crippen LogP contribution in [0.4, 0.5) is 0 Å². The highest BCUT2D eigenvalue weighted by Gasteiger charge is 2.55. The molecule has 4 heteroatoms. The molecule has 0 unspecified atom stereocenters. The molecule has 0 spiro atoms. The smallest absolute Gasteiger partial charge is 0.403 e. The van der Waals surface area contributed by atoms with Gasteiger partial charge in [0, 0.05) is 11.9 Å². The molecule has 1 aliphatic rings. The van der Waals surface area contributed by atoms with Crippen LogP contribution in [-0.2, 0) is 9.31 Å². The standard InChI is InChI=1S/C25H42BNO2/c1-8-11-16-20-27(19-12-9-2)23(21-17-14-13-15-18-21)22(10-3)26-28-24(4,5)25(6,7)29-26/h8,13-15,17-18,22-23H,1,9-12,16,19-20H2,2-7H3/t22-,23-/m1/s1. The largest absolute Gasteiger partial charge is 0.463 e. The van der Waals surface area contributed by atoms with Crippen molar-refractivity contribution in [2.45, 2.75) is 96.7 Å². The van der Waals surface area contributed by atoms with E-state index in [0.29, 0.717) is 0 Å². The molecule has 0 aromatic heterocycles. The van der Waals surface area contributed by atoms with Crippen molar-refractivity contribution in [3.8, 4) is 0 Å². The Bertz CT molecular complexity index is 601. The molecule has 0 saturated carbocycles. The molecule has 0 aliphatic carbocycles. The minimum atomic E-state index is -0.302. The first-order valence-electron chi connectivity index (χ1n) is 11.5. The van der Waals surface area contributed by atoms with E-state index in [1.807, 2.05) is 6.08 Å². The molecule has 0 bridgehead atoms. The number of rotatable bonds is 12. The van der Waals surface area contributed by atoms with Crippen LogP contribution in [0.1, 0.15) is 85.3 Å². The van der Waals surface area contributed by atoms with Gasteiger partial charge in [-0.2, -0.15) is 0 Å². The first-order chi connectivity index (χ1) is 13.8. The van der Waals surface area contributed by atoms with Gasteiger partial charge in [0.2, 0.25) is 0 Å². The van der Waals surface area contributed by atoms with Crippen molar-refractivity contribution in [2.24, 2.45) is 0 Å². The summed E-state index contributed by atoms with van der Waals surface area (Å²) >= 11 is 0. The zero-order chi connectivity index (χ0) is 21.5. The predicted octanol–water partition coefficient (Wildman–Crippen LogP) is 6.67. The molecule has 3 nitrogen and oxygen atoms in total. The topological polar surface area (TPSA) is 21.7 Å². The van der Waals surface area contributed by atoms with Gasteiger partial charge in [-0.05, 0) is 65.6 Å². The summed E-state index contributed by atoms with van der Waals surface area (Å²) in [4.78, 5) is 2.67. The number of hydrogen-bond acceptors (Lipinski definition) is 3. The van der Waals surface area contributed by atoms with E-state index in [9.17, 15) is 0 Å². The van der Waals surface area contributed by atoms with Crippen molar-refractivity contribution in [1.82, 2.24) is 4.90 Å². The van der Waals surface area contributed by atoms with Crippen molar-refractivity contribution < 1.29 is 9.31 Å². The fraction of sp³-hybridized carbons (Fsp3) is 0.680. The van der Waals surface area contributed by atoms with Crippen LogP contribution in [0.5, 0.6) is 0 Å². The zero-order valence-corrected chi connectivity index (χ0v) is 19.6. The average Bonchev–Trinajstić information content (AvgIpc) is 2.90. The molecule has 29 heavy (non-hydrogen) atoms. The molecule has 1 aliphatic heterocycles. The molecule has 0 amide bonds. The number of allylic oxidation sites excluding steroid dienone is 1. The van der Waals surface area contributed by atoms with Crippen molar-refractivity contribution in [3.05, 3.63) is 48.6 Å². The monoisotopic (exact) mass is 399 g/mol. The van der Waals surface area contributed by atoms with Crippen molar-refractivity contribution >= 4 is 7.12 Å². The lowest BCUT2D eigenvalue weighted by atomic mass is 9.64. The molecular formula is C25H42BNO2. The molecule has 1 fully saturated rings. The summed E-state index contributed by atoms with van der Waals surface area (Å²) in [5.74, 6) is 0.277. The maximum atomic E-state index is 6.53. The summed E-state index contributed by atoms with van der Waals surface area (Å²) in [5.41, 5.74) is 0.760. The Morgan fingerprint density at radius 3 is 2.10 bits per heavy atom. The Morgan fingerprint density at radius 2 is 1.59 bits per heavy atom. The van der Waals surface area contributed by atoms with E-state index in [0.717, 1.165) is 32.4 Å². The molecule has 2 atom stereocenters. The zero-order valence-electron chi connectivity index (χ0n) is 19.6. The van der Waals surface area contributed by atoms with E-state index in [1.54, 1.807) is 0 Å². The summed E-state index contributed by atoms with van der Waals surface area (Å²) in [6.45, 7) is 19.2. The van der Waals surface area contributed by atoms with Gasteiger partial charge in [0.05, 0.1) is 11.2 Å². The summed E-state index contributed by atoms with van der Waals surface area (Å²) in [6, 6.07) is 11.2. The van der Waals surface area contributed by atoms with Crippen molar-refractivity contribution in [1.29, 1.82) is 0 Å². The molecule has 162 valence electrons. The second kappa shape index (κ2) is 10.8. The van der Waals surface area contributed by atoms with Gasteiger partial charge < -0.3 is 9.31 Å². The summed E-state index contributed by atoms with van der Waals surface area (Å²) in [7, 11) is -0.196. The Hall–Kier alpha value is -1.10. The molecule has 0 N–H and O–H groups in total. The van der Waals surface area contributed by atoms with E-state index in [2.05, 4.69) is 83.4 Å². The van der Waals surface area contributed by atoms with E-state index >= 15 is 0 Å². The van der Waals surface area contributed by atoms with Gasteiger partial charge in [-0.15, -0.1) is 6.58 Å². The lowest BCUT2D eigenvalue weighted by Crippen LogP contribution is -2.41. The Labute approximate surface area is 180 Å². The first kappa shape index (κ1) is 24.2. The van der Waals surface area contributed by atoms with Crippen molar-refractivity contribution in [2.75, 3.05) is 13.1 Å². The van der Waals surface area contributed by atoms with E-state index in [1.165, 1.54) is 18.4 Å². The number of nitrogens with zero attached hydrogens (tertiary/aromatic N) is 1. The molecule has 1 aromatic carbocycles. The molecule has 1 aromatic rings. The summed E-state index contributed by atoms with van der Waals surface area (Å²) < 4.78 is 13.1. The van der Waals surface area contributed by atoms with Gasteiger partial charge in [-0.3, -0.25) is 4.90 Å². The van der Waals surface area contributed by atoms with Crippen LogP contribution >= 0.6 is 0 Å².